The van der Waals surface area contributed by atoms with E-state index < -0.39 is 0 Å². The molecule has 1 saturated heterocycles. The number of benzene rings is 2. The van der Waals surface area contributed by atoms with Gasteiger partial charge in [0.1, 0.15) is 17.5 Å². The van der Waals surface area contributed by atoms with Crippen molar-refractivity contribution in [3.05, 3.63) is 60.5 Å². The van der Waals surface area contributed by atoms with Gasteiger partial charge in [0.15, 0.2) is 6.61 Å². The third kappa shape index (κ3) is 3.83. The van der Waals surface area contributed by atoms with Gasteiger partial charge in [-0.05, 0) is 49.2 Å². The zero-order chi connectivity index (χ0) is 19.3. The van der Waals surface area contributed by atoms with Gasteiger partial charge in [0.2, 0.25) is 11.7 Å². The molecule has 1 amide bonds. The summed E-state index contributed by atoms with van der Waals surface area (Å²) in [5.74, 6) is 2.30. The maximum absolute atomic E-state index is 12.6. The van der Waals surface area contributed by atoms with Crippen molar-refractivity contribution in [3.8, 4) is 22.9 Å². The van der Waals surface area contributed by atoms with Gasteiger partial charge < -0.3 is 18.9 Å². The van der Waals surface area contributed by atoms with Crippen molar-refractivity contribution in [3.63, 3.8) is 0 Å². The van der Waals surface area contributed by atoms with Gasteiger partial charge in [-0.25, -0.2) is 0 Å². The van der Waals surface area contributed by atoms with Crippen LogP contribution >= 0.6 is 0 Å². The molecule has 0 spiro atoms. The summed E-state index contributed by atoms with van der Waals surface area (Å²) >= 11 is 0. The normalized spacial score (nSPS) is 16.2. The van der Waals surface area contributed by atoms with Crippen molar-refractivity contribution < 1.29 is 18.8 Å². The van der Waals surface area contributed by atoms with Crippen LogP contribution in [0.4, 0.5) is 0 Å². The van der Waals surface area contributed by atoms with E-state index >= 15 is 0 Å². The molecule has 0 N–H and O–H groups in total. The molecule has 1 aromatic heterocycles. The number of ether oxygens (including phenoxy) is 2. The zero-order valence-electron chi connectivity index (χ0n) is 15.6. The van der Waals surface area contributed by atoms with E-state index in [0.717, 1.165) is 24.2 Å². The monoisotopic (exact) mass is 379 g/mol. The number of methoxy groups -OCH3 is 1. The molecule has 7 heteroatoms. The number of hydrogen-bond donors (Lipinski definition) is 0. The number of carbonyl (C=O) groups excluding carboxylic acids is 1. The molecule has 1 fully saturated rings. The minimum Gasteiger partial charge on any atom is -0.497 e. The maximum atomic E-state index is 12.6. The highest BCUT2D eigenvalue weighted by Gasteiger charge is 2.34. The van der Waals surface area contributed by atoms with Crippen molar-refractivity contribution in [2.45, 2.75) is 18.9 Å². The van der Waals surface area contributed by atoms with E-state index in [0.29, 0.717) is 24.0 Å². The van der Waals surface area contributed by atoms with E-state index in [9.17, 15) is 4.79 Å². The third-order valence-electron chi connectivity index (χ3n) is 4.75. The summed E-state index contributed by atoms with van der Waals surface area (Å²) in [6, 6.07) is 16.5. The molecule has 4 rings (SSSR count). The molecule has 2 heterocycles. The number of nitrogens with zero attached hydrogens (tertiary/aromatic N) is 3. The lowest BCUT2D eigenvalue weighted by atomic mass is 10.2. The zero-order valence-corrected chi connectivity index (χ0v) is 15.6. The first kappa shape index (κ1) is 18.0. The number of para-hydroxylation sites is 1. The molecule has 7 nitrogen and oxygen atoms in total. The van der Waals surface area contributed by atoms with Crippen LogP contribution in [0.5, 0.6) is 11.5 Å². The fraction of sp³-hybridized carbons (Fsp3) is 0.286. The molecule has 28 heavy (non-hydrogen) atoms. The van der Waals surface area contributed by atoms with Crippen LogP contribution in [-0.2, 0) is 4.79 Å². The van der Waals surface area contributed by atoms with Crippen LogP contribution in [-0.4, -0.2) is 41.2 Å². The summed E-state index contributed by atoms with van der Waals surface area (Å²) in [6.45, 7) is 0.641. The van der Waals surface area contributed by atoms with Crippen LogP contribution < -0.4 is 9.47 Å². The highest BCUT2D eigenvalue weighted by atomic mass is 16.5. The van der Waals surface area contributed by atoms with Crippen molar-refractivity contribution >= 4 is 5.91 Å². The van der Waals surface area contributed by atoms with Crippen molar-refractivity contribution in [2.75, 3.05) is 20.3 Å². The van der Waals surface area contributed by atoms with Gasteiger partial charge in [0, 0.05) is 12.1 Å². The molecular weight excluding hydrogens is 358 g/mol. The first-order valence-corrected chi connectivity index (χ1v) is 9.20. The first-order valence-electron chi connectivity index (χ1n) is 9.20. The van der Waals surface area contributed by atoms with Crippen molar-refractivity contribution in [1.29, 1.82) is 0 Å². The summed E-state index contributed by atoms with van der Waals surface area (Å²) < 4.78 is 16.2. The summed E-state index contributed by atoms with van der Waals surface area (Å²) in [4.78, 5) is 18.9. The third-order valence-corrected chi connectivity index (χ3v) is 4.75. The van der Waals surface area contributed by atoms with Crippen LogP contribution in [0.15, 0.2) is 59.1 Å². The molecule has 2 aromatic carbocycles. The molecule has 0 radical (unpaired) electrons. The minimum absolute atomic E-state index is 0.0139. The van der Waals surface area contributed by atoms with Gasteiger partial charge in [-0.15, -0.1) is 0 Å². The first-order chi connectivity index (χ1) is 13.7. The fourth-order valence-electron chi connectivity index (χ4n) is 3.29. The maximum Gasteiger partial charge on any atom is 0.261 e. The molecule has 3 aromatic rings. The van der Waals surface area contributed by atoms with E-state index in [1.54, 1.807) is 12.0 Å². The van der Waals surface area contributed by atoms with Gasteiger partial charge in [-0.3, -0.25) is 4.79 Å². The van der Waals surface area contributed by atoms with E-state index in [2.05, 4.69) is 10.1 Å². The Bertz CT molecular complexity index is 924. The van der Waals surface area contributed by atoms with E-state index in [1.807, 2.05) is 54.6 Å². The van der Waals surface area contributed by atoms with Gasteiger partial charge >= 0.3 is 0 Å². The Morgan fingerprint density at radius 2 is 1.93 bits per heavy atom. The van der Waals surface area contributed by atoms with E-state index in [-0.39, 0.29) is 18.6 Å². The molecule has 144 valence electrons. The van der Waals surface area contributed by atoms with Gasteiger partial charge in [-0.1, -0.05) is 23.4 Å². The average Bonchev–Trinajstić information content (AvgIpc) is 3.42. The Morgan fingerprint density at radius 1 is 1.14 bits per heavy atom. The van der Waals surface area contributed by atoms with E-state index in [1.165, 1.54) is 0 Å². The molecule has 0 aliphatic carbocycles. The molecular formula is C21H21N3O4. The molecule has 1 aliphatic rings. The molecule has 1 atom stereocenters. The molecule has 1 aliphatic heterocycles. The van der Waals surface area contributed by atoms with Crippen LogP contribution in [0.25, 0.3) is 11.4 Å². The second-order valence-electron chi connectivity index (χ2n) is 6.53. The lowest BCUT2D eigenvalue weighted by Gasteiger charge is -2.21. The molecule has 0 saturated carbocycles. The van der Waals surface area contributed by atoms with Crippen LogP contribution in [0.3, 0.4) is 0 Å². The average molecular weight is 379 g/mol. The lowest BCUT2D eigenvalue weighted by Crippen LogP contribution is -2.34. The molecule has 0 bridgehead atoms. The number of amides is 1. The van der Waals surface area contributed by atoms with Crippen LogP contribution in [0.2, 0.25) is 0 Å². The van der Waals surface area contributed by atoms with E-state index in [4.69, 9.17) is 14.0 Å². The summed E-state index contributed by atoms with van der Waals surface area (Å²) in [5, 5.41) is 4.08. The highest BCUT2D eigenvalue weighted by molar-refractivity contribution is 5.78. The number of hydrogen-bond acceptors (Lipinski definition) is 6. The van der Waals surface area contributed by atoms with Crippen molar-refractivity contribution in [2.24, 2.45) is 0 Å². The second kappa shape index (κ2) is 8.12. The Kier molecular flexibility index (Phi) is 5.23. The number of carbonyl (C=O) groups is 1. The largest absolute Gasteiger partial charge is 0.497 e. The Labute approximate surface area is 162 Å². The van der Waals surface area contributed by atoms with Gasteiger partial charge in [0.05, 0.1) is 7.11 Å². The van der Waals surface area contributed by atoms with Crippen LogP contribution in [0.1, 0.15) is 24.8 Å². The topological polar surface area (TPSA) is 77.7 Å². The Hall–Kier alpha value is -3.35. The summed E-state index contributed by atoms with van der Waals surface area (Å²) in [5.41, 5.74) is 0.832. The standard InChI is InChI=1S/C21H21N3O4/c1-26-16-11-9-15(10-12-16)20-22-21(28-23-20)18-8-5-13-24(18)19(25)14-27-17-6-3-2-4-7-17/h2-4,6-7,9-12,18H,5,8,13-14H2,1H3/t18-/m0/s1. The minimum atomic E-state index is -0.216. The predicted octanol–water partition coefficient (Wildman–Crippen LogP) is 3.49. The van der Waals surface area contributed by atoms with Gasteiger partial charge in [0.25, 0.3) is 5.91 Å². The second-order valence-corrected chi connectivity index (χ2v) is 6.53. The van der Waals surface area contributed by atoms with Gasteiger partial charge in [-0.2, -0.15) is 4.98 Å². The molecule has 0 unspecified atom stereocenters. The lowest BCUT2D eigenvalue weighted by molar-refractivity contribution is -0.134. The quantitative estimate of drug-likeness (QED) is 0.652. The Balaban J connectivity index is 1.44. The smallest absolute Gasteiger partial charge is 0.261 e. The predicted molar refractivity (Wildman–Crippen MR) is 102 cm³/mol. The summed E-state index contributed by atoms with van der Waals surface area (Å²) in [7, 11) is 1.62. The highest BCUT2D eigenvalue weighted by Crippen LogP contribution is 2.32. The van der Waals surface area contributed by atoms with Crippen molar-refractivity contribution in [1.82, 2.24) is 15.0 Å². The number of aromatic nitrogens is 2. The summed E-state index contributed by atoms with van der Waals surface area (Å²) in [6.07, 6.45) is 1.68. The number of rotatable bonds is 6. The number of likely N-dealkylation sites (tertiary alicyclic amines) is 1. The fourth-order valence-corrected chi connectivity index (χ4v) is 3.29. The van der Waals surface area contributed by atoms with Crippen LogP contribution in [0, 0.1) is 0 Å². The Morgan fingerprint density at radius 3 is 2.68 bits per heavy atom. The SMILES string of the molecule is COc1ccc(-c2noc([C@@H]3CCCN3C(=O)COc3ccccc3)n2)cc1.